The molecule has 0 N–H and O–H groups in total. The first-order valence-electron chi connectivity index (χ1n) is 4.25. The molecule has 0 saturated heterocycles. The van der Waals surface area contributed by atoms with Crippen LogP contribution >= 0.6 is 11.3 Å². The van der Waals surface area contributed by atoms with E-state index in [0.29, 0.717) is 0 Å². The quantitative estimate of drug-likeness (QED) is 0.731. The van der Waals surface area contributed by atoms with Crippen molar-refractivity contribution in [2.75, 3.05) is 0 Å². The van der Waals surface area contributed by atoms with Crippen molar-refractivity contribution in [2.24, 2.45) is 0 Å². The fraction of sp³-hybridized carbons (Fsp3) is 0.300. The minimum absolute atomic E-state index is 0.227. The van der Waals surface area contributed by atoms with E-state index in [2.05, 4.69) is 4.98 Å². The third kappa shape index (κ3) is 1.80. The minimum Gasteiger partial charge on any atom is -0.491 e. The van der Waals surface area contributed by atoms with Gasteiger partial charge in [0.1, 0.15) is 5.75 Å². The van der Waals surface area contributed by atoms with Crippen molar-refractivity contribution in [1.29, 1.82) is 0 Å². The number of fused-ring (bicyclic) bond motifs is 1. The molecule has 68 valence electrons. The van der Waals surface area contributed by atoms with Gasteiger partial charge in [-0.05, 0) is 32.0 Å². The summed E-state index contributed by atoms with van der Waals surface area (Å²) in [5, 5.41) is 0. The van der Waals surface area contributed by atoms with Crippen molar-refractivity contribution < 1.29 is 4.74 Å². The summed E-state index contributed by atoms with van der Waals surface area (Å²) in [6.45, 7) is 4.05. The Balaban J connectivity index is 2.37. The lowest BCUT2D eigenvalue weighted by Crippen LogP contribution is -2.04. The highest BCUT2D eigenvalue weighted by Crippen LogP contribution is 2.23. The average Bonchev–Trinajstić information content (AvgIpc) is 2.49. The molecular weight excluding hydrogens is 182 g/mol. The van der Waals surface area contributed by atoms with Crippen LogP contribution in [0.4, 0.5) is 0 Å². The molecule has 0 saturated carbocycles. The number of hydrogen-bond acceptors (Lipinski definition) is 3. The van der Waals surface area contributed by atoms with Crippen molar-refractivity contribution in [2.45, 2.75) is 20.0 Å². The Morgan fingerprint density at radius 3 is 3.00 bits per heavy atom. The van der Waals surface area contributed by atoms with Crippen LogP contribution in [0.2, 0.25) is 0 Å². The normalized spacial score (nSPS) is 11.0. The fourth-order valence-corrected chi connectivity index (χ4v) is 1.89. The second-order valence-corrected chi connectivity index (χ2v) is 4.03. The largest absolute Gasteiger partial charge is 0.491 e. The van der Waals surface area contributed by atoms with E-state index in [-0.39, 0.29) is 6.10 Å². The molecule has 0 atom stereocenters. The van der Waals surface area contributed by atoms with E-state index in [1.807, 2.05) is 37.6 Å². The zero-order chi connectivity index (χ0) is 9.26. The summed E-state index contributed by atoms with van der Waals surface area (Å²) >= 11 is 1.64. The predicted octanol–water partition coefficient (Wildman–Crippen LogP) is 3.08. The zero-order valence-electron chi connectivity index (χ0n) is 7.65. The van der Waals surface area contributed by atoms with Gasteiger partial charge in [0, 0.05) is 0 Å². The number of aromatic nitrogens is 1. The second-order valence-electron chi connectivity index (χ2n) is 3.15. The molecule has 0 fully saturated rings. The standard InChI is InChI=1S/C10H11NOS/c1-7(2)12-8-3-4-9-10(5-8)13-6-11-9/h3-7H,1-2H3. The van der Waals surface area contributed by atoms with Crippen LogP contribution in [0.15, 0.2) is 23.7 Å². The van der Waals surface area contributed by atoms with E-state index in [1.165, 1.54) is 4.70 Å². The summed E-state index contributed by atoms with van der Waals surface area (Å²) in [7, 11) is 0. The van der Waals surface area contributed by atoms with Crippen molar-refractivity contribution in [3.63, 3.8) is 0 Å². The van der Waals surface area contributed by atoms with Gasteiger partial charge in [-0.15, -0.1) is 11.3 Å². The van der Waals surface area contributed by atoms with E-state index in [0.717, 1.165) is 11.3 Å². The molecule has 0 aliphatic heterocycles. The summed E-state index contributed by atoms with van der Waals surface area (Å²) in [5.74, 6) is 0.923. The maximum Gasteiger partial charge on any atom is 0.121 e. The Morgan fingerprint density at radius 2 is 2.23 bits per heavy atom. The number of rotatable bonds is 2. The molecule has 1 aromatic heterocycles. The maximum absolute atomic E-state index is 5.57. The lowest BCUT2D eigenvalue weighted by molar-refractivity contribution is 0.243. The first-order valence-corrected chi connectivity index (χ1v) is 5.13. The van der Waals surface area contributed by atoms with Crippen LogP contribution in [0.25, 0.3) is 10.2 Å². The third-order valence-electron chi connectivity index (χ3n) is 1.67. The van der Waals surface area contributed by atoms with Crippen LogP contribution in [0.1, 0.15) is 13.8 Å². The molecule has 0 aliphatic rings. The molecule has 13 heavy (non-hydrogen) atoms. The van der Waals surface area contributed by atoms with E-state index in [4.69, 9.17) is 4.74 Å². The molecule has 1 heterocycles. The van der Waals surface area contributed by atoms with E-state index in [9.17, 15) is 0 Å². The first-order chi connectivity index (χ1) is 6.25. The third-order valence-corrected chi connectivity index (χ3v) is 2.47. The van der Waals surface area contributed by atoms with Crippen LogP contribution in [0, 0.1) is 0 Å². The molecule has 0 aliphatic carbocycles. The van der Waals surface area contributed by atoms with Crippen molar-refractivity contribution in [3.05, 3.63) is 23.7 Å². The molecule has 0 radical (unpaired) electrons. The number of nitrogens with zero attached hydrogens (tertiary/aromatic N) is 1. The summed E-state index contributed by atoms with van der Waals surface area (Å²) in [4.78, 5) is 4.20. The molecule has 0 amide bonds. The van der Waals surface area contributed by atoms with Gasteiger partial charge in [-0.25, -0.2) is 4.98 Å². The molecule has 2 rings (SSSR count). The average molecular weight is 193 g/mol. The first kappa shape index (κ1) is 8.51. The Bertz CT molecular complexity index is 408. The van der Waals surface area contributed by atoms with Gasteiger partial charge in [-0.2, -0.15) is 0 Å². The minimum atomic E-state index is 0.227. The Labute approximate surface area is 81.2 Å². The van der Waals surface area contributed by atoms with Crippen molar-refractivity contribution in [3.8, 4) is 5.75 Å². The molecule has 0 unspecified atom stereocenters. The molecule has 0 bridgehead atoms. The van der Waals surface area contributed by atoms with Crippen LogP contribution in [0.5, 0.6) is 5.75 Å². The summed E-state index contributed by atoms with van der Waals surface area (Å²) in [6, 6.07) is 5.98. The van der Waals surface area contributed by atoms with Crippen molar-refractivity contribution in [1.82, 2.24) is 4.98 Å². The topological polar surface area (TPSA) is 22.1 Å². The number of thiazole rings is 1. The predicted molar refractivity (Wildman–Crippen MR) is 55.4 cm³/mol. The van der Waals surface area contributed by atoms with Gasteiger partial charge in [-0.3, -0.25) is 0 Å². The molecule has 0 spiro atoms. The highest BCUT2D eigenvalue weighted by Gasteiger charge is 2.00. The van der Waals surface area contributed by atoms with Crippen molar-refractivity contribution >= 4 is 21.6 Å². The Morgan fingerprint density at radius 1 is 1.38 bits per heavy atom. The number of benzene rings is 1. The Hall–Kier alpha value is -1.09. The van der Waals surface area contributed by atoms with E-state index in [1.54, 1.807) is 11.3 Å². The maximum atomic E-state index is 5.57. The van der Waals surface area contributed by atoms with Gasteiger partial charge in [0.15, 0.2) is 0 Å². The van der Waals surface area contributed by atoms with Gasteiger partial charge >= 0.3 is 0 Å². The lowest BCUT2D eigenvalue weighted by Gasteiger charge is -2.08. The fourth-order valence-electron chi connectivity index (χ4n) is 1.18. The van der Waals surface area contributed by atoms with Crippen LogP contribution in [-0.4, -0.2) is 11.1 Å². The lowest BCUT2D eigenvalue weighted by atomic mass is 10.3. The van der Waals surface area contributed by atoms with Gasteiger partial charge in [-0.1, -0.05) is 0 Å². The highest BCUT2D eigenvalue weighted by molar-refractivity contribution is 7.16. The van der Waals surface area contributed by atoms with Gasteiger partial charge in [0.2, 0.25) is 0 Å². The summed E-state index contributed by atoms with van der Waals surface area (Å²) < 4.78 is 6.75. The highest BCUT2D eigenvalue weighted by atomic mass is 32.1. The number of hydrogen-bond donors (Lipinski definition) is 0. The molecule has 2 aromatic rings. The smallest absolute Gasteiger partial charge is 0.121 e. The molecule has 3 heteroatoms. The monoisotopic (exact) mass is 193 g/mol. The molecule has 1 aromatic carbocycles. The second kappa shape index (κ2) is 3.34. The summed E-state index contributed by atoms with van der Waals surface area (Å²) in [5.41, 5.74) is 2.89. The SMILES string of the molecule is CC(C)Oc1ccc2ncsc2c1. The van der Waals surface area contributed by atoms with Gasteiger partial charge < -0.3 is 4.74 Å². The molecular formula is C10H11NOS. The van der Waals surface area contributed by atoms with Crippen LogP contribution in [-0.2, 0) is 0 Å². The van der Waals surface area contributed by atoms with Gasteiger partial charge in [0.25, 0.3) is 0 Å². The van der Waals surface area contributed by atoms with Gasteiger partial charge in [0.05, 0.1) is 21.8 Å². The molecule has 2 nitrogen and oxygen atoms in total. The van der Waals surface area contributed by atoms with Crippen LogP contribution in [0.3, 0.4) is 0 Å². The zero-order valence-corrected chi connectivity index (χ0v) is 8.47. The van der Waals surface area contributed by atoms with E-state index >= 15 is 0 Å². The summed E-state index contributed by atoms with van der Waals surface area (Å²) in [6.07, 6.45) is 0.227. The Kier molecular flexibility index (Phi) is 2.19. The number of ether oxygens (including phenoxy) is 1. The van der Waals surface area contributed by atoms with E-state index < -0.39 is 0 Å². The van der Waals surface area contributed by atoms with Crippen LogP contribution < -0.4 is 4.74 Å².